The summed E-state index contributed by atoms with van der Waals surface area (Å²) in [6, 6.07) is 6.51. The Bertz CT molecular complexity index is 1070. The zero-order valence-corrected chi connectivity index (χ0v) is 17.9. The van der Waals surface area contributed by atoms with Gasteiger partial charge in [0, 0.05) is 68.3 Å². The Balaban J connectivity index is 1.55. The summed E-state index contributed by atoms with van der Waals surface area (Å²) >= 11 is 0. The van der Waals surface area contributed by atoms with Crippen molar-refractivity contribution in [1.82, 2.24) is 14.8 Å². The summed E-state index contributed by atoms with van der Waals surface area (Å²) < 4.78 is 44.6. The second-order valence-corrected chi connectivity index (χ2v) is 7.87. The van der Waals surface area contributed by atoms with Crippen LogP contribution in [-0.2, 0) is 4.74 Å². The Morgan fingerprint density at radius 1 is 1.06 bits per heavy atom. The number of benzene rings is 1. The number of nitrogens with one attached hydrogen (secondary N) is 1. The molecule has 176 valence electrons. The molecule has 2 saturated heterocycles. The zero-order chi connectivity index (χ0) is 23.6. The molecule has 3 heterocycles. The van der Waals surface area contributed by atoms with Crippen LogP contribution in [0.15, 0.2) is 36.7 Å². The van der Waals surface area contributed by atoms with Crippen molar-refractivity contribution in [3.05, 3.63) is 42.2 Å². The second kappa shape index (κ2) is 9.26. The van der Waals surface area contributed by atoms with Gasteiger partial charge in [0.2, 0.25) is 0 Å². The molecule has 0 unspecified atom stereocenters. The number of hydrogen-bond acceptors (Lipinski definition) is 6. The van der Waals surface area contributed by atoms with E-state index >= 15 is 0 Å². The van der Waals surface area contributed by atoms with E-state index in [1.54, 1.807) is 23.2 Å². The lowest BCUT2D eigenvalue weighted by molar-refractivity contribution is -0.0578. The molecule has 0 radical (unpaired) electrons. The van der Waals surface area contributed by atoms with Gasteiger partial charge in [0.05, 0.1) is 18.7 Å². The third-order valence-corrected chi connectivity index (χ3v) is 5.92. The standard InChI is InChI=1S/C22H25F3N6O2/c23-22(24,25)20(27)17(14-26)15-1-2-18-16(13-15)19(3-4-28-18)29-5-7-30(8-6-29)21(32)31-9-11-33-12-10-31/h1-4,13-14,27H,5-12,26H2/b17-14-,27-20?. The van der Waals surface area contributed by atoms with E-state index in [0.29, 0.717) is 63.4 Å². The molecule has 2 aromatic rings. The fourth-order valence-corrected chi connectivity index (χ4v) is 4.14. The zero-order valence-electron chi connectivity index (χ0n) is 17.9. The lowest BCUT2D eigenvalue weighted by atomic mass is 9.99. The van der Waals surface area contributed by atoms with E-state index in [1.165, 1.54) is 6.07 Å². The number of alkyl halides is 3. The third kappa shape index (κ3) is 4.72. The first-order valence-corrected chi connectivity index (χ1v) is 10.6. The van der Waals surface area contributed by atoms with E-state index in [4.69, 9.17) is 15.9 Å². The van der Waals surface area contributed by atoms with Gasteiger partial charge in [-0.05, 0) is 23.8 Å². The molecule has 0 aliphatic carbocycles. The fourth-order valence-electron chi connectivity index (χ4n) is 4.14. The summed E-state index contributed by atoms with van der Waals surface area (Å²) in [5.74, 6) is 0. The molecule has 0 spiro atoms. The minimum Gasteiger partial charge on any atom is -0.404 e. The molecule has 2 aliphatic heterocycles. The summed E-state index contributed by atoms with van der Waals surface area (Å²) in [5, 5.41) is 8.15. The number of allylic oxidation sites excluding steroid dienone is 1. The molecule has 0 bridgehead atoms. The van der Waals surface area contributed by atoms with E-state index in [2.05, 4.69) is 9.88 Å². The van der Waals surface area contributed by atoms with Gasteiger partial charge in [0.15, 0.2) is 0 Å². The monoisotopic (exact) mass is 462 g/mol. The maximum atomic E-state index is 13.1. The van der Waals surface area contributed by atoms with E-state index < -0.39 is 11.9 Å². The second-order valence-electron chi connectivity index (χ2n) is 7.87. The van der Waals surface area contributed by atoms with E-state index in [0.717, 1.165) is 11.9 Å². The maximum absolute atomic E-state index is 13.1. The Hall–Kier alpha value is -3.34. The largest absolute Gasteiger partial charge is 0.433 e. The van der Waals surface area contributed by atoms with Crippen LogP contribution in [0.1, 0.15) is 5.56 Å². The molecule has 8 nitrogen and oxygen atoms in total. The smallest absolute Gasteiger partial charge is 0.404 e. The fraction of sp³-hybridized carbons (Fsp3) is 0.409. The number of halogens is 3. The number of nitrogens with zero attached hydrogens (tertiary/aromatic N) is 4. The number of piperazine rings is 1. The van der Waals surface area contributed by atoms with Crippen molar-refractivity contribution in [2.24, 2.45) is 5.73 Å². The molecule has 2 fully saturated rings. The van der Waals surface area contributed by atoms with Crippen LogP contribution in [0.3, 0.4) is 0 Å². The van der Waals surface area contributed by atoms with Crippen molar-refractivity contribution >= 4 is 33.9 Å². The summed E-state index contributed by atoms with van der Waals surface area (Å²) in [6.45, 7) is 4.49. The number of carbonyl (C=O) groups excluding carboxylic acids is 1. The van der Waals surface area contributed by atoms with Crippen LogP contribution >= 0.6 is 0 Å². The molecule has 1 aromatic carbocycles. The Labute approximate surface area is 188 Å². The molecule has 33 heavy (non-hydrogen) atoms. The van der Waals surface area contributed by atoms with Gasteiger partial charge in [-0.25, -0.2) is 4.79 Å². The molecule has 4 rings (SSSR count). The molecule has 2 amide bonds. The van der Waals surface area contributed by atoms with Crippen LogP contribution in [0.25, 0.3) is 16.5 Å². The number of pyridine rings is 1. The summed E-state index contributed by atoms with van der Waals surface area (Å²) in [6.07, 6.45) is -2.34. The van der Waals surface area contributed by atoms with Crippen molar-refractivity contribution in [1.29, 1.82) is 5.41 Å². The first-order chi connectivity index (χ1) is 15.8. The molecule has 0 atom stereocenters. The highest BCUT2D eigenvalue weighted by molar-refractivity contribution is 6.25. The summed E-state index contributed by atoms with van der Waals surface area (Å²) in [4.78, 5) is 22.8. The van der Waals surface area contributed by atoms with E-state index in [-0.39, 0.29) is 17.2 Å². The first-order valence-electron chi connectivity index (χ1n) is 10.6. The van der Waals surface area contributed by atoms with Gasteiger partial charge in [0.25, 0.3) is 0 Å². The van der Waals surface area contributed by atoms with Crippen LogP contribution in [0.5, 0.6) is 0 Å². The number of morpholine rings is 1. The van der Waals surface area contributed by atoms with Crippen LogP contribution < -0.4 is 10.6 Å². The van der Waals surface area contributed by atoms with Crippen molar-refractivity contribution in [3.8, 4) is 0 Å². The average molecular weight is 462 g/mol. The minimum absolute atomic E-state index is 0.00297. The molecule has 3 N–H and O–H groups in total. The third-order valence-electron chi connectivity index (χ3n) is 5.92. The summed E-state index contributed by atoms with van der Waals surface area (Å²) in [5.41, 5.74) is 5.21. The Morgan fingerprint density at radius 3 is 2.36 bits per heavy atom. The van der Waals surface area contributed by atoms with Gasteiger partial charge in [-0.15, -0.1) is 0 Å². The lowest BCUT2D eigenvalue weighted by Gasteiger charge is -2.39. The number of fused-ring (bicyclic) bond motifs is 1. The number of aromatic nitrogens is 1. The van der Waals surface area contributed by atoms with Gasteiger partial charge in [-0.2, -0.15) is 13.2 Å². The highest BCUT2D eigenvalue weighted by Gasteiger charge is 2.37. The van der Waals surface area contributed by atoms with Gasteiger partial charge in [0.1, 0.15) is 5.71 Å². The maximum Gasteiger partial charge on any atom is 0.433 e. The van der Waals surface area contributed by atoms with Crippen molar-refractivity contribution in [3.63, 3.8) is 0 Å². The molecular formula is C22H25F3N6O2. The number of nitrogens with two attached hydrogens (primary N) is 1. The SMILES string of the molecule is N=C(/C(=C\N)c1ccc2nccc(N3CCN(C(=O)N4CCOCC4)CC3)c2c1)C(F)(F)F. The van der Waals surface area contributed by atoms with Crippen LogP contribution in [-0.4, -0.2) is 85.2 Å². The van der Waals surface area contributed by atoms with Gasteiger partial charge in [-0.3, -0.25) is 10.4 Å². The minimum atomic E-state index is -4.80. The topological polar surface area (TPSA) is 98.8 Å². The van der Waals surface area contributed by atoms with Crippen molar-refractivity contribution < 1.29 is 22.7 Å². The Morgan fingerprint density at radius 2 is 1.73 bits per heavy atom. The van der Waals surface area contributed by atoms with Crippen molar-refractivity contribution in [2.45, 2.75) is 6.18 Å². The number of amides is 2. The van der Waals surface area contributed by atoms with Gasteiger partial charge in [-0.1, -0.05) is 6.07 Å². The van der Waals surface area contributed by atoms with Crippen LogP contribution in [0.2, 0.25) is 0 Å². The average Bonchev–Trinajstić information content (AvgIpc) is 2.83. The number of ether oxygens (including phenoxy) is 1. The van der Waals surface area contributed by atoms with Gasteiger partial charge >= 0.3 is 12.2 Å². The quantitative estimate of drug-likeness (QED) is 0.684. The normalized spacial score (nSPS) is 18.0. The number of hydrogen-bond donors (Lipinski definition) is 2. The number of carbonyl (C=O) groups is 1. The molecule has 0 saturated carbocycles. The Kier molecular flexibility index (Phi) is 6.41. The predicted molar refractivity (Wildman–Crippen MR) is 119 cm³/mol. The molecular weight excluding hydrogens is 437 g/mol. The van der Waals surface area contributed by atoms with E-state index in [1.807, 2.05) is 11.0 Å². The number of anilines is 1. The predicted octanol–water partition coefficient (Wildman–Crippen LogP) is 2.69. The number of rotatable bonds is 3. The van der Waals surface area contributed by atoms with Crippen LogP contribution in [0.4, 0.5) is 23.7 Å². The molecule has 1 aromatic heterocycles. The van der Waals surface area contributed by atoms with Crippen LogP contribution in [0, 0.1) is 5.41 Å². The van der Waals surface area contributed by atoms with E-state index in [9.17, 15) is 18.0 Å². The lowest BCUT2D eigenvalue weighted by Crippen LogP contribution is -2.54. The molecule has 2 aliphatic rings. The van der Waals surface area contributed by atoms with Crippen molar-refractivity contribution in [2.75, 3.05) is 57.4 Å². The first kappa shape index (κ1) is 22.8. The summed E-state index contributed by atoms with van der Waals surface area (Å²) in [7, 11) is 0. The highest BCUT2D eigenvalue weighted by atomic mass is 19.4. The van der Waals surface area contributed by atoms with Gasteiger partial charge < -0.3 is 25.2 Å². The molecule has 11 heteroatoms. The number of urea groups is 1. The highest BCUT2D eigenvalue weighted by Crippen LogP contribution is 2.32.